The van der Waals surface area contributed by atoms with Crippen LogP contribution < -0.4 is 14.7 Å². The molecule has 1 aromatic heterocycles. The smallest absolute Gasteiger partial charge is 0.227 e. The number of aromatic nitrogens is 2. The average Bonchev–Trinajstić information content (AvgIpc) is 2.82. The number of para-hydroxylation sites is 1. The molecular formula is C26H37FN6O. The summed E-state index contributed by atoms with van der Waals surface area (Å²) in [6, 6.07) is 6.94. The molecule has 1 aromatic carbocycles. The van der Waals surface area contributed by atoms with Crippen molar-refractivity contribution in [3.8, 4) is 0 Å². The summed E-state index contributed by atoms with van der Waals surface area (Å²) in [5.41, 5.74) is 2.72. The van der Waals surface area contributed by atoms with Gasteiger partial charge in [0.25, 0.3) is 0 Å². The Hall–Kier alpha value is -2.90. The molecule has 8 heteroatoms. The summed E-state index contributed by atoms with van der Waals surface area (Å²) in [4.78, 5) is 31.2. The number of benzene rings is 1. The minimum atomic E-state index is -0.182. The van der Waals surface area contributed by atoms with Crippen molar-refractivity contribution in [1.82, 2.24) is 14.9 Å². The van der Waals surface area contributed by atoms with Crippen LogP contribution in [0.25, 0.3) is 0 Å². The minimum absolute atomic E-state index is 0.0361. The Morgan fingerprint density at radius 2 is 1.74 bits per heavy atom. The van der Waals surface area contributed by atoms with Gasteiger partial charge in [-0.3, -0.25) is 4.79 Å². The summed E-state index contributed by atoms with van der Waals surface area (Å²) < 4.78 is 14.2. The van der Waals surface area contributed by atoms with Crippen LogP contribution in [0.1, 0.15) is 45.4 Å². The van der Waals surface area contributed by atoms with Gasteiger partial charge in [0.2, 0.25) is 11.9 Å². The summed E-state index contributed by atoms with van der Waals surface area (Å²) in [6.07, 6.45) is 1.27. The number of amides is 1. The third-order valence-electron chi connectivity index (χ3n) is 6.65. The number of carbonyl (C=O) groups is 1. The average molecular weight is 469 g/mol. The van der Waals surface area contributed by atoms with E-state index in [1.165, 1.54) is 6.07 Å². The van der Waals surface area contributed by atoms with Crippen LogP contribution in [0.3, 0.4) is 0 Å². The lowest BCUT2D eigenvalue weighted by atomic mass is 9.91. The summed E-state index contributed by atoms with van der Waals surface area (Å²) >= 11 is 0. The number of anilines is 3. The summed E-state index contributed by atoms with van der Waals surface area (Å²) in [6.45, 7) is 13.4. The Morgan fingerprint density at radius 1 is 1.06 bits per heavy atom. The van der Waals surface area contributed by atoms with Gasteiger partial charge in [0, 0.05) is 64.7 Å². The van der Waals surface area contributed by atoms with Crippen LogP contribution in [0.15, 0.2) is 24.3 Å². The molecule has 0 atom stereocenters. The van der Waals surface area contributed by atoms with E-state index in [0.29, 0.717) is 25.2 Å². The molecule has 7 nitrogen and oxygen atoms in total. The fourth-order valence-electron chi connectivity index (χ4n) is 4.62. The highest BCUT2D eigenvalue weighted by Gasteiger charge is 2.30. The number of rotatable bonds is 5. The second kappa shape index (κ2) is 9.76. The van der Waals surface area contributed by atoms with E-state index in [0.717, 1.165) is 62.2 Å². The van der Waals surface area contributed by atoms with Crippen LogP contribution in [0.4, 0.5) is 21.8 Å². The fourth-order valence-corrected chi connectivity index (χ4v) is 4.62. The lowest BCUT2D eigenvalue weighted by molar-refractivity contribution is -0.134. The standard InChI is InChI=1S/C26H37FN6O/c1-6-30(5)24-19-18-33(23(34)17-26(2,3)4)12-11-21(19)28-25(29-24)32-15-13-31(14-16-32)22-10-8-7-9-20(22)27/h7-10H,6,11-18H2,1-5H3. The Kier molecular flexibility index (Phi) is 6.96. The van der Waals surface area contributed by atoms with Crippen molar-refractivity contribution >= 4 is 23.4 Å². The van der Waals surface area contributed by atoms with Crippen LogP contribution >= 0.6 is 0 Å². The maximum absolute atomic E-state index is 14.2. The van der Waals surface area contributed by atoms with Gasteiger partial charge in [0.05, 0.1) is 17.9 Å². The van der Waals surface area contributed by atoms with E-state index in [9.17, 15) is 9.18 Å². The van der Waals surface area contributed by atoms with Crippen molar-refractivity contribution in [3.05, 3.63) is 41.3 Å². The fraction of sp³-hybridized carbons (Fsp3) is 0.577. The second-order valence-corrected chi connectivity index (χ2v) is 10.5. The van der Waals surface area contributed by atoms with E-state index in [1.807, 2.05) is 24.1 Å². The molecule has 0 spiro atoms. The number of fused-ring (bicyclic) bond motifs is 1. The summed E-state index contributed by atoms with van der Waals surface area (Å²) in [5.74, 6) is 1.65. The molecule has 184 valence electrons. The third kappa shape index (κ3) is 5.26. The molecule has 0 unspecified atom stereocenters. The molecule has 3 heterocycles. The predicted octanol–water partition coefficient (Wildman–Crippen LogP) is 3.72. The summed E-state index contributed by atoms with van der Waals surface area (Å²) in [7, 11) is 2.04. The molecule has 1 saturated heterocycles. The SMILES string of the molecule is CCN(C)c1nc(N2CCN(c3ccccc3F)CC2)nc2c1CN(C(=O)CC(C)(C)C)CC2. The van der Waals surface area contributed by atoms with Gasteiger partial charge in [-0.2, -0.15) is 4.98 Å². The van der Waals surface area contributed by atoms with E-state index >= 15 is 0 Å². The molecule has 2 aliphatic rings. The van der Waals surface area contributed by atoms with Gasteiger partial charge in [-0.1, -0.05) is 32.9 Å². The van der Waals surface area contributed by atoms with E-state index in [-0.39, 0.29) is 17.1 Å². The Balaban J connectivity index is 1.54. The number of halogens is 1. The Morgan fingerprint density at radius 3 is 2.38 bits per heavy atom. The van der Waals surface area contributed by atoms with Gasteiger partial charge in [-0.15, -0.1) is 0 Å². The lowest BCUT2D eigenvalue weighted by Gasteiger charge is -2.38. The molecule has 0 radical (unpaired) electrons. The van der Waals surface area contributed by atoms with E-state index < -0.39 is 0 Å². The molecule has 0 saturated carbocycles. The van der Waals surface area contributed by atoms with Crippen molar-refractivity contribution < 1.29 is 9.18 Å². The molecule has 0 N–H and O–H groups in total. The lowest BCUT2D eigenvalue weighted by Crippen LogP contribution is -2.48. The molecule has 2 aliphatic heterocycles. The number of hydrogen-bond acceptors (Lipinski definition) is 6. The molecule has 1 amide bonds. The highest BCUT2D eigenvalue weighted by atomic mass is 19.1. The van der Waals surface area contributed by atoms with Crippen LogP contribution in [0.5, 0.6) is 0 Å². The monoisotopic (exact) mass is 468 g/mol. The zero-order chi connectivity index (χ0) is 24.5. The van der Waals surface area contributed by atoms with Crippen molar-refractivity contribution in [3.63, 3.8) is 0 Å². The van der Waals surface area contributed by atoms with Gasteiger partial charge in [0.1, 0.15) is 11.6 Å². The molecule has 34 heavy (non-hydrogen) atoms. The zero-order valence-corrected chi connectivity index (χ0v) is 21.1. The van der Waals surface area contributed by atoms with Gasteiger partial charge in [-0.05, 0) is 24.5 Å². The number of hydrogen-bond donors (Lipinski definition) is 0. The number of nitrogens with zero attached hydrogens (tertiary/aromatic N) is 6. The van der Waals surface area contributed by atoms with Crippen LogP contribution in [-0.2, 0) is 17.8 Å². The molecule has 1 fully saturated rings. The molecule has 0 aliphatic carbocycles. The van der Waals surface area contributed by atoms with Gasteiger partial charge in [0.15, 0.2) is 0 Å². The maximum Gasteiger partial charge on any atom is 0.227 e. The first-order chi connectivity index (χ1) is 16.2. The minimum Gasteiger partial charge on any atom is -0.366 e. The molecule has 0 bridgehead atoms. The first-order valence-electron chi connectivity index (χ1n) is 12.3. The zero-order valence-electron chi connectivity index (χ0n) is 21.1. The predicted molar refractivity (Wildman–Crippen MR) is 135 cm³/mol. The molecule has 4 rings (SSSR count). The largest absolute Gasteiger partial charge is 0.366 e. The normalized spacial score (nSPS) is 16.5. The van der Waals surface area contributed by atoms with Gasteiger partial charge < -0.3 is 19.6 Å². The Bertz CT molecular complexity index is 1030. The van der Waals surface area contributed by atoms with Crippen LogP contribution in [-0.4, -0.2) is 67.1 Å². The first kappa shape index (κ1) is 24.2. The number of piperazine rings is 1. The van der Waals surface area contributed by atoms with Crippen LogP contribution in [0, 0.1) is 11.2 Å². The third-order valence-corrected chi connectivity index (χ3v) is 6.65. The second-order valence-electron chi connectivity index (χ2n) is 10.5. The quantitative estimate of drug-likeness (QED) is 0.667. The molecule has 2 aromatic rings. The van der Waals surface area contributed by atoms with Crippen molar-refractivity contribution in [2.45, 2.75) is 47.1 Å². The highest BCUT2D eigenvalue weighted by molar-refractivity contribution is 5.77. The maximum atomic E-state index is 14.2. The van der Waals surface area contributed by atoms with Gasteiger partial charge in [-0.25, -0.2) is 9.37 Å². The van der Waals surface area contributed by atoms with Crippen molar-refractivity contribution in [2.75, 3.05) is 61.0 Å². The Labute approximate surface area is 202 Å². The van der Waals surface area contributed by atoms with Crippen molar-refractivity contribution in [1.29, 1.82) is 0 Å². The number of carbonyl (C=O) groups excluding carboxylic acids is 1. The summed E-state index contributed by atoms with van der Waals surface area (Å²) in [5, 5.41) is 0. The molecular weight excluding hydrogens is 431 g/mol. The topological polar surface area (TPSA) is 55.8 Å². The van der Waals surface area contributed by atoms with E-state index in [4.69, 9.17) is 9.97 Å². The highest BCUT2D eigenvalue weighted by Crippen LogP contribution is 2.31. The van der Waals surface area contributed by atoms with E-state index in [1.54, 1.807) is 6.07 Å². The van der Waals surface area contributed by atoms with Crippen molar-refractivity contribution in [2.24, 2.45) is 5.41 Å². The first-order valence-corrected chi connectivity index (χ1v) is 12.3. The van der Waals surface area contributed by atoms with Crippen LogP contribution in [0.2, 0.25) is 0 Å². The van der Waals surface area contributed by atoms with E-state index in [2.05, 4.69) is 42.4 Å². The van der Waals surface area contributed by atoms with Gasteiger partial charge >= 0.3 is 0 Å².